The van der Waals surface area contributed by atoms with E-state index in [1.165, 1.54) is 6.07 Å². The molecule has 1 aromatic carbocycles. The summed E-state index contributed by atoms with van der Waals surface area (Å²) in [5.74, 6) is 0.652. The van der Waals surface area contributed by atoms with Crippen LogP contribution >= 0.6 is 0 Å². The largest absolute Gasteiger partial charge is 0.377 e. The number of halogens is 1. The Morgan fingerprint density at radius 3 is 2.74 bits per heavy atom. The molecule has 0 spiro atoms. The van der Waals surface area contributed by atoms with Crippen molar-refractivity contribution < 1.29 is 13.7 Å². The van der Waals surface area contributed by atoms with E-state index in [9.17, 15) is 4.39 Å². The van der Waals surface area contributed by atoms with Crippen molar-refractivity contribution in [3.63, 3.8) is 0 Å². The van der Waals surface area contributed by atoms with E-state index in [-0.39, 0.29) is 11.4 Å². The number of rotatable bonds is 7. The monoisotopic (exact) mass is 319 g/mol. The molecule has 1 aliphatic rings. The molecule has 0 aliphatic carbocycles. The van der Waals surface area contributed by atoms with Crippen LogP contribution in [-0.2, 0) is 24.2 Å². The van der Waals surface area contributed by atoms with Gasteiger partial charge in [-0.05, 0) is 20.2 Å². The molecule has 3 rings (SSSR count). The third-order valence-corrected chi connectivity index (χ3v) is 3.97. The summed E-state index contributed by atoms with van der Waals surface area (Å²) in [7, 11) is 3.97. The first kappa shape index (κ1) is 16.1. The van der Waals surface area contributed by atoms with Gasteiger partial charge in [0.15, 0.2) is 5.76 Å². The molecule has 0 unspecified atom stereocenters. The minimum atomic E-state index is -0.200. The number of benzene rings is 1. The SMILES string of the molecule is CN(C)Cc1cc(CC2(NCc3ccccc3F)COC2)no1. The van der Waals surface area contributed by atoms with Gasteiger partial charge in [-0.2, -0.15) is 0 Å². The number of nitrogens with zero attached hydrogens (tertiary/aromatic N) is 2. The third kappa shape index (κ3) is 3.96. The molecule has 1 fully saturated rings. The average molecular weight is 319 g/mol. The molecular weight excluding hydrogens is 297 g/mol. The molecule has 0 radical (unpaired) electrons. The molecule has 0 atom stereocenters. The zero-order chi connectivity index (χ0) is 16.3. The summed E-state index contributed by atoms with van der Waals surface area (Å²) in [6, 6.07) is 8.79. The van der Waals surface area contributed by atoms with Crippen LogP contribution in [0.5, 0.6) is 0 Å². The zero-order valence-electron chi connectivity index (χ0n) is 13.5. The van der Waals surface area contributed by atoms with E-state index in [0.29, 0.717) is 31.7 Å². The number of nitrogens with one attached hydrogen (secondary N) is 1. The van der Waals surface area contributed by atoms with Gasteiger partial charge >= 0.3 is 0 Å². The van der Waals surface area contributed by atoms with E-state index in [1.807, 2.05) is 31.1 Å². The fraction of sp³-hybridized carbons (Fsp3) is 0.471. The van der Waals surface area contributed by atoms with Crippen molar-refractivity contribution in [1.82, 2.24) is 15.4 Å². The first-order chi connectivity index (χ1) is 11.1. The number of hydrogen-bond donors (Lipinski definition) is 1. The average Bonchev–Trinajstić information content (AvgIpc) is 2.89. The van der Waals surface area contributed by atoms with Crippen LogP contribution in [0.15, 0.2) is 34.9 Å². The van der Waals surface area contributed by atoms with Gasteiger partial charge in [0, 0.05) is 24.6 Å². The van der Waals surface area contributed by atoms with Gasteiger partial charge in [0.25, 0.3) is 0 Å². The second-order valence-electron chi connectivity index (χ2n) is 6.42. The highest BCUT2D eigenvalue weighted by Crippen LogP contribution is 2.23. The highest BCUT2D eigenvalue weighted by atomic mass is 19.1. The Morgan fingerprint density at radius 2 is 2.09 bits per heavy atom. The van der Waals surface area contributed by atoms with E-state index in [0.717, 1.165) is 18.0 Å². The molecule has 6 heteroatoms. The van der Waals surface area contributed by atoms with Crippen LogP contribution in [0.4, 0.5) is 4.39 Å². The molecule has 2 heterocycles. The summed E-state index contributed by atoms with van der Waals surface area (Å²) in [4.78, 5) is 2.03. The zero-order valence-corrected chi connectivity index (χ0v) is 13.5. The Hall–Kier alpha value is -1.76. The van der Waals surface area contributed by atoms with Crippen molar-refractivity contribution in [2.45, 2.75) is 25.0 Å². The molecule has 1 saturated heterocycles. The van der Waals surface area contributed by atoms with Crippen LogP contribution in [0, 0.1) is 5.82 Å². The molecule has 0 amide bonds. The van der Waals surface area contributed by atoms with Gasteiger partial charge in [-0.25, -0.2) is 4.39 Å². The van der Waals surface area contributed by atoms with Crippen LogP contribution in [0.25, 0.3) is 0 Å². The lowest BCUT2D eigenvalue weighted by atomic mass is 9.91. The first-order valence-electron chi connectivity index (χ1n) is 7.72. The maximum Gasteiger partial charge on any atom is 0.150 e. The second-order valence-corrected chi connectivity index (χ2v) is 6.42. The lowest BCUT2D eigenvalue weighted by Crippen LogP contribution is -2.61. The van der Waals surface area contributed by atoms with Crippen LogP contribution in [0.2, 0.25) is 0 Å². The minimum Gasteiger partial charge on any atom is -0.377 e. The Balaban J connectivity index is 1.62. The van der Waals surface area contributed by atoms with E-state index < -0.39 is 0 Å². The third-order valence-electron chi connectivity index (χ3n) is 3.97. The number of aromatic nitrogens is 1. The molecule has 23 heavy (non-hydrogen) atoms. The molecule has 0 bridgehead atoms. The first-order valence-corrected chi connectivity index (χ1v) is 7.72. The van der Waals surface area contributed by atoms with Gasteiger partial charge < -0.3 is 19.5 Å². The second kappa shape index (κ2) is 6.78. The van der Waals surface area contributed by atoms with Crippen LogP contribution in [-0.4, -0.2) is 42.9 Å². The molecule has 1 aromatic heterocycles. The fourth-order valence-corrected chi connectivity index (χ4v) is 2.71. The van der Waals surface area contributed by atoms with Gasteiger partial charge in [0.05, 0.1) is 31.0 Å². The van der Waals surface area contributed by atoms with Crippen LogP contribution < -0.4 is 5.32 Å². The molecule has 2 aromatic rings. The molecule has 5 nitrogen and oxygen atoms in total. The molecule has 0 saturated carbocycles. The maximum absolute atomic E-state index is 13.7. The summed E-state index contributed by atoms with van der Waals surface area (Å²) < 4.78 is 24.5. The Labute approximate surface area is 135 Å². The predicted octanol–water partition coefficient (Wildman–Crippen LogP) is 1.98. The summed E-state index contributed by atoms with van der Waals surface area (Å²) in [6.07, 6.45) is 0.707. The van der Waals surface area contributed by atoms with Gasteiger partial charge in [0.1, 0.15) is 5.82 Å². The molecular formula is C17H22FN3O2. The van der Waals surface area contributed by atoms with Crippen LogP contribution in [0.3, 0.4) is 0 Å². The normalized spacial score (nSPS) is 16.5. The van der Waals surface area contributed by atoms with Gasteiger partial charge in [-0.3, -0.25) is 0 Å². The molecule has 1 N–H and O–H groups in total. The fourth-order valence-electron chi connectivity index (χ4n) is 2.71. The van der Waals surface area contributed by atoms with Crippen molar-refractivity contribution >= 4 is 0 Å². The van der Waals surface area contributed by atoms with Crippen molar-refractivity contribution in [2.75, 3.05) is 27.3 Å². The van der Waals surface area contributed by atoms with E-state index in [1.54, 1.807) is 12.1 Å². The smallest absolute Gasteiger partial charge is 0.150 e. The summed E-state index contributed by atoms with van der Waals surface area (Å²) in [6.45, 7) is 2.38. The van der Waals surface area contributed by atoms with E-state index in [4.69, 9.17) is 9.26 Å². The minimum absolute atomic E-state index is 0.190. The van der Waals surface area contributed by atoms with Gasteiger partial charge in [0.2, 0.25) is 0 Å². The van der Waals surface area contributed by atoms with Crippen LogP contribution in [0.1, 0.15) is 17.0 Å². The van der Waals surface area contributed by atoms with E-state index >= 15 is 0 Å². The van der Waals surface area contributed by atoms with Crippen molar-refractivity contribution in [3.05, 3.63) is 53.2 Å². The highest BCUT2D eigenvalue weighted by Gasteiger charge is 2.39. The molecule has 124 valence electrons. The Bertz CT molecular complexity index is 653. The number of hydrogen-bond acceptors (Lipinski definition) is 5. The van der Waals surface area contributed by atoms with E-state index in [2.05, 4.69) is 10.5 Å². The Kier molecular flexibility index (Phi) is 4.75. The van der Waals surface area contributed by atoms with Gasteiger partial charge in [-0.1, -0.05) is 23.4 Å². The Morgan fingerprint density at radius 1 is 1.30 bits per heavy atom. The summed E-state index contributed by atoms with van der Waals surface area (Å²) in [5, 5.41) is 7.57. The standard InChI is InChI=1S/C17H22FN3O2/c1-21(2)10-15-7-14(20-23-15)8-17(11-22-12-17)19-9-13-5-3-4-6-16(13)18/h3-7,19H,8-12H2,1-2H3. The summed E-state index contributed by atoms with van der Waals surface area (Å²) >= 11 is 0. The number of ether oxygens (including phenoxy) is 1. The summed E-state index contributed by atoms with van der Waals surface area (Å²) in [5.41, 5.74) is 1.35. The van der Waals surface area contributed by atoms with Crippen molar-refractivity contribution in [2.24, 2.45) is 0 Å². The quantitative estimate of drug-likeness (QED) is 0.846. The van der Waals surface area contributed by atoms with Crippen molar-refractivity contribution in [3.8, 4) is 0 Å². The highest BCUT2D eigenvalue weighted by molar-refractivity contribution is 5.18. The van der Waals surface area contributed by atoms with Crippen molar-refractivity contribution in [1.29, 1.82) is 0 Å². The lowest BCUT2D eigenvalue weighted by Gasteiger charge is -2.42. The predicted molar refractivity (Wildman–Crippen MR) is 84.4 cm³/mol. The topological polar surface area (TPSA) is 50.5 Å². The van der Waals surface area contributed by atoms with Gasteiger partial charge in [-0.15, -0.1) is 0 Å². The molecule has 1 aliphatic heterocycles. The lowest BCUT2D eigenvalue weighted by molar-refractivity contribution is -0.0756. The maximum atomic E-state index is 13.7.